The minimum Gasteiger partial charge on any atom is -0.385 e. The highest BCUT2D eigenvalue weighted by Gasteiger charge is 2.33. The normalized spacial score (nSPS) is 17.4. The van der Waals surface area contributed by atoms with Crippen LogP contribution in [0, 0.1) is 0 Å². The number of aliphatic hydroxyl groups is 1. The van der Waals surface area contributed by atoms with Crippen molar-refractivity contribution in [3.05, 3.63) is 106 Å². The van der Waals surface area contributed by atoms with E-state index in [9.17, 15) is 9.90 Å². The monoisotopic (exact) mass is 446 g/mol. The van der Waals surface area contributed by atoms with Gasteiger partial charge in [-0.15, -0.1) is 12.4 Å². The molecular formula is C27H27ClN2O2. The van der Waals surface area contributed by atoms with E-state index < -0.39 is 5.60 Å². The molecule has 1 fully saturated rings. The molecule has 3 aromatic carbocycles. The average molecular weight is 447 g/mol. The van der Waals surface area contributed by atoms with Gasteiger partial charge in [-0.25, -0.2) is 4.99 Å². The fraction of sp³-hybridized carbons (Fsp3) is 0.259. The predicted molar refractivity (Wildman–Crippen MR) is 128 cm³/mol. The molecule has 0 radical (unpaired) electrons. The van der Waals surface area contributed by atoms with E-state index in [1.165, 1.54) is 0 Å². The Kier molecular flexibility index (Phi) is 6.56. The summed E-state index contributed by atoms with van der Waals surface area (Å²) in [5.74, 6) is -0.153. The minimum absolute atomic E-state index is 0. The van der Waals surface area contributed by atoms with Crippen LogP contribution in [0.25, 0.3) is 5.57 Å². The van der Waals surface area contributed by atoms with Gasteiger partial charge in [-0.3, -0.25) is 4.79 Å². The maximum atomic E-state index is 12.7. The number of benzene rings is 3. The Labute approximate surface area is 194 Å². The summed E-state index contributed by atoms with van der Waals surface area (Å²) < 4.78 is 0. The number of rotatable bonds is 5. The molecule has 0 bridgehead atoms. The van der Waals surface area contributed by atoms with Crippen LogP contribution in [0.1, 0.15) is 29.5 Å². The summed E-state index contributed by atoms with van der Waals surface area (Å²) in [6.07, 6.45) is 2.32. The molecule has 5 heteroatoms. The molecule has 2 aliphatic heterocycles. The molecular weight excluding hydrogens is 420 g/mol. The number of likely N-dealkylation sites (tertiary alicyclic amines) is 1. The van der Waals surface area contributed by atoms with Gasteiger partial charge in [-0.2, -0.15) is 0 Å². The number of nitrogens with zero attached hydrogens (tertiary/aromatic N) is 2. The first-order valence-electron chi connectivity index (χ1n) is 10.9. The van der Waals surface area contributed by atoms with Gasteiger partial charge >= 0.3 is 0 Å². The summed E-state index contributed by atoms with van der Waals surface area (Å²) in [5, 5.41) is 12.8. The van der Waals surface area contributed by atoms with Crippen LogP contribution in [0.5, 0.6) is 0 Å². The van der Waals surface area contributed by atoms with Gasteiger partial charge < -0.3 is 10.0 Å². The quantitative estimate of drug-likeness (QED) is 0.655. The van der Waals surface area contributed by atoms with E-state index in [0.29, 0.717) is 5.57 Å². The van der Waals surface area contributed by atoms with Crippen LogP contribution in [0.15, 0.2) is 83.9 Å². The summed E-state index contributed by atoms with van der Waals surface area (Å²) in [6.45, 7) is 2.62. The summed E-state index contributed by atoms with van der Waals surface area (Å²) in [6, 6.07) is 25.8. The summed E-state index contributed by atoms with van der Waals surface area (Å²) in [4.78, 5) is 19.4. The van der Waals surface area contributed by atoms with Gasteiger partial charge in [-0.1, -0.05) is 72.8 Å². The molecule has 0 aliphatic carbocycles. The van der Waals surface area contributed by atoms with Gasteiger partial charge in [0.15, 0.2) is 0 Å². The summed E-state index contributed by atoms with van der Waals surface area (Å²) in [5.41, 5.74) is 3.08. The maximum absolute atomic E-state index is 12.7. The fourth-order valence-electron chi connectivity index (χ4n) is 4.78. The van der Waals surface area contributed by atoms with Crippen molar-refractivity contribution in [2.75, 3.05) is 19.6 Å². The van der Waals surface area contributed by atoms with E-state index in [1.807, 2.05) is 72.8 Å². The number of amides is 1. The second kappa shape index (κ2) is 9.37. The molecule has 0 saturated carbocycles. The topological polar surface area (TPSA) is 52.9 Å². The van der Waals surface area contributed by atoms with Gasteiger partial charge in [0.05, 0.1) is 16.5 Å². The third-order valence-electron chi connectivity index (χ3n) is 6.57. The molecule has 1 saturated heterocycles. The van der Waals surface area contributed by atoms with Crippen LogP contribution in [-0.4, -0.2) is 35.5 Å². The molecule has 4 nitrogen and oxygen atoms in total. The van der Waals surface area contributed by atoms with E-state index in [-0.39, 0.29) is 18.3 Å². The number of hydrogen-bond donors (Lipinski definition) is 1. The standard InChI is InChI=1S/C27H26N2O2.ClH/c30-26-25(20-8-3-1-4-9-20)24-21(10-7-13-23(24)28-26)14-17-29-18-15-27(31,16-19-29)22-11-5-2-6-12-22;/h1-13,31H,14-19H2;1H. The smallest absolute Gasteiger partial charge is 0.278 e. The lowest BCUT2D eigenvalue weighted by Crippen LogP contribution is -2.43. The van der Waals surface area contributed by atoms with Crippen molar-refractivity contribution in [2.45, 2.75) is 24.9 Å². The second-order valence-corrected chi connectivity index (χ2v) is 8.46. The first-order chi connectivity index (χ1) is 15.1. The van der Waals surface area contributed by atoms with E-state index >= 15 is 0 Å². The minimum atomic E-state index is -0.731. The highest BCUT2D eigenvalue weighted by Crippen LogP contribution is 2.32. The van der Waals surface area contributed by atoms with E-state index in [1.54, 1.807) is 0 Å². The van der Waals surface area contributed by atoms with Crippen molar-refractivity contribution < 1.29 is 9.90 Å². The lowest BCUT2D eigenvalue weighted by molar-refractivity contribution is -0.112. The van der Waals surface area contributed by atoms with E-state index in [2.05, 4.69) is 16.0 Å². The summed E-state index contributed by atoms with van der Waals surface area (Å²) in [7, 11) is 0. The van der Waals surface area contributed by atoms with Crippen molar-refractivity contribution in [3.8, 4) is 0 Å². The highest BCUT2D eigenvalue weighted by molar-refractivity contribution is 6.21. The van der Waals surface area contributed by atoms with Crippen molar-refractivity contribution in [1.82, 2.24) is 4.90 Å². The number of carbonyl (C=O) groups is 1. The zero-order valence-electron chi connectivity index (χ0n) is 17.9. The van der Waals surface area contributed by atoms with E-state index in [4.69, 9.17) is 0 Å². The van der Waals surface area contributed by atoms with Gasteiger partial charge in [0, 0.05) is 24.9 Å². The highest BCUT2D eigenvalue weighted by atomic mass is 35.5. The lowest BCUT2D eigenvalue weighted by Gasteiger charge is -2.38. The Morgan fingerprint density at radius 2 is 1.53 bits per heavy atom. The van der Waals surface area contributed by atoms with Gasteiger partial charge in [0.25, 0.3) is 5.91 Å². The van der Waals surface area contributed by atoms with Crippen molar-refractivity contribution in [3.63, 3.8) is 0 Å². The molecule has 3 aromatic rings. The molecule has 1 N–H and O–H groups in total. The zero-order valence-corrected chi connectivity index (χ0v) is 18.7. The van der Waals surface area contributed by atoms with Crippen LogP contribution >= 0.6 is 12.4 Å². The third-order valence-corrected chi connectivity index (χ3v) is 6.57. The van der Waals surface area contributed by atoms with Crippen LogP contribution in [0.2, 0.25) is 0 Å². The second-order valence-electron chi connectivity index (χ2n) is 8.46. The maximum Gasteiger partial charge on any atom is 0.278 e. The number of fused-ring (bicyclic) bond motifs is 1. The van der Waals surface area contributed by atoms with Crippen LogP contribution in [0.4, 0.5) is 0 Å². The van der Waals surface area contributed by atoms with Crippen LogP contribution < -0.4 is 10.6 Å². The zero-order chi connectivity index (χ0) is 21.3. The van der Waals surface area contributed by atoms with Gasteiger partial charge in [0.2, 0.25) is 0 Å². The predicted octanol–water partition coefficient (Wildman–Crippen LogP) is 2.99. The lowest BCUT2D eigenvalue weighted by atomic mass is 9.84. The first kappa shape index (κ1) is 22.4. The third kappa shape index (κ3) is 4.26. The Hall–Kier alpha value is -2.79. The number of hydrogen-bond acceptors (Lipinski definition) is 3. The molecule has 0 atom stereocenters. The molecule has 0 spiro atoms. The molecule has 5 rings (SSSR count). The van der Waals surface area contributed by atoms with Crippen molar-refractivity contribution in [2.24, 2.45) is 4.99 Å². The Morgan fingerprint density at radius 3 is 2.22 bits per heavy atom. The van der Waals surface area contributed by atoms with Crippen molar-refractivity contribution >= 4 is 23.9 Å². The molecule has 2 heterocycles. The van der Waals surface area contributed by atoms with Crippen LogP contribution in [-0.2, 0) is 16.8 Å². The molecule has 0 aromatic heterocycles. The number of halogens is 1. The SMILES string of the molecule is Cl.O=C1N=c2cccc(CCN3CCC(O)(c4ccccc4)CC3)c2=C1c1ccccc1. The van der Waals surface area contributed by atoms with Crippen molar-refractivity contribution in [1.29, 1.82) is 0 Å². The number of carbonyl (C=O) groups excluding carboxylic acids is 1. The van der Waals surface area contributed by atoms with Gasteiger partial charge in [-0.05, 0) is 42.0 Å². The van der Waals surface area contributed by atoms with Gasteiger partial charge in [0.1, 0.15) is 0 Å². The van der Waals surface area contributed by atoms with E-state index in [0.717, 1.165) is 66.2 Å². The molecule has 2 aliphatic rings. The molecule has 1 amide bonds. The Bertz CT molecular complexity index is 1220. The Morgan fingerprint density at radius 1 is 0.875 bits per heavy atom. The Balaban J connectivity index is 0.00000245. The number of piperidine rings is 1. The average Bonchev–Trinajstić information content (AvgIpc) is 3.16. The molecule has 32 heavy (non-hydrogen) atoms. The first-order valence-corrected chi connectivity index (χ1v) is 10.9. The fourth-order valence-corrected chi connectivity index (χ4v) is 4.78. The van der Waals surface area contributed by atoms with Crippen LogP contribution in [0.3, 0.4) is 0 Å². The largest absolute Gasteiger partial charge is 0.385 e. The molecule has 0 unspecified atom stereocenters. The molecule has 164 valence electrons. The summed E-state index contributed by atoms with van der Waals surface area (Å²) >= 11 is 0.